The van der Waals surface area contributed by atoms with Gasteiger partial charge in [0.2, 0.25) is 0 Å². The number of rotatable bonds is 6. The number of nitrogens with one attached hydrogen (secondary N) is 1. The van der Waals surface area contributed by atoms with E-state index in [1.165, 1.54) is 18.2 Å². The lowest BCUT2D eigenvalue weighted by Gasteiger charge is -2.12. The second kappa shape index (κ2) is 6.00. The van der Waals surface area contributed by atoms with E-state index in [2.05, 4.69) is 5.32 Å². The minimum atomic E-state index is -1.18. The van der Waals surface area contributed by atoms with E-state index in [-0.39, 0.29) is 12.4 Å². The Morgan fingerprint density at radius 1 is 1.39 bits per heavy atom. The van der Waals surface area contributed by atoms with Crippen LogP contribution in [0.25, 0.3) is 0 Å². The second-order valence-corrected chi connectivity index (χ2v) is 3.98. The van der Waals surface area contributed by atoms with Crippen molar-refractivity contribution >= 4 is 17.6 Å². The molecule has 0 spiro atoms. The lowest BCUT2D eigenvalue weighted by molar-refractivity contribution is -0.147. The molecule has 1 rings (SSSR count). The van der Waals surface area contributed by atoms with Crippen molar-refractivity contribution in [2.24, 2.45) is 5.92 Å². The summed E-state index contributed by atoms with van der Waals surface area (Å²) >= 11 is 0. The molecule has 0 aliphatic carbocycles. The van der Waals surface area contributed by atoms with E-state index in [1.54, 1.807) is 6.92 Å². The summed E-state index contributed by atoms with van der Waals surface area (Å²) in [6.45, 7) is 1.57. The smallest absolute Gasteiger partial charge is 0.308 e. The van der Waals surface area contributed by atoms with E-state index in [9.17, 15) is 14.0 Å². The van der Waals surface area contributed by atoms with E-state index in [0.717, 1.165) is 0 Å². The minimum absolute atomic E-state index is 0.0211. The fraction of sp³-hybridized carbons (Fsp3) is 0.333. The molecule has 0 aromatic heterocycles. The fourth-order valence-electron chi connectivity index (χ4n) is 1.45. The first-order chi connectivity index (χ1) is 8.40. The number of hydrogen-bond donors (Lipinski definition) is 3. The average molecular weight is 255 g/mol. The van der Waals surface area contributed by atoms with Gasteiger partial charge in [0, 0.05) is 12.2 Å². The van der Waals surface area contributed by atoms with Gasteiger partial charge in [-0.2, -0.15) is 0 Å². The quantitative estimate of drug-likeness (QED) is 0.720. The van der Waals surface area contributed by atoms with Gasteiger partial charge in [0.05, 0.1) is 12.3 Å². The molecule has 0 saturated heterocycles. The van der Waals surface area contributed by atoms with Crippen LogP contribution >= 0.6 is 0 Å². The predicted octanol–water partition coefficient (Wildman–Crippen LogP) is 1.72. The Kier molecular flexibility index (Phi) is 4.65. The molecule has 98 valence electrons. The van der Waals surface area contributed by atoms with E-state index in [4.69, 9.17) is 10.2 Å². The molecule has 0 heterocycles. The van der Waals surface area contributed by atoms with Crippen LogP contribution in [0.3, 0.4) is 0 Å². The van der Waals surface area contributed by atoms with Gasteiger partial charge in [-0.15, -0.1) is 0 Å². The minimum Gasteiger partial charge on any atom is -0.481 e. The monoisotopic (exact) mass is 255 g/mol. The lowest BCUT2D eigenvalue weighted by Crippen LogP contribution is -2.25. The molecule has 6 heteroatoms. The van der Waals surface area contributed by atoms with Crippen LogP contribution in [0.15, 0.2) is 18.2 Å². The number of carboxylic acid groups (broad SMARTS) is 2. The third kappa shape index (κ3) is 4.04. The summed E-state index contributed by atoms with van der Waals surface area (Å²) in [5.41, 5.74) is 0.996. The zero-order chi connectivity index (χ0) is 13.7. The normalized spacial score (nSPS) is 11.9. The molecular formula is C12H14FNO4. The van der Waals surface area contributed by atoms with Crippen LogP contribution in [0.1, 0.15) is 12.0 Å². The molecule has 1 aromatic rings. The number of benzene rings is 1. The molecule has 3 N–H and O–H groups in total. The maximum atomic E-state index is 13.0. The topological polar surface area (TPSA) is 86.6 Å². The molecule has 1 atom stereocenters. The van der Waals surface area contributed by atoms with E-state index in [1.807, 2.05) is 0 Å². The van der Waals surface area contributed by atoms with Gasteiger partial charge in [-0.25, -0.2) is 4.39 Å². The Hall–Kier alpha value is -2.11. The fourth-order valence-corrected chi connectivity index (χ4v) is 1.45. The maximum absolute atomic E-state index is 13.0. The summed E-state index contributed by atoms with van der Waals surface area (Å²) in [5, 5.41) is 20.2. The van der Waals surface area contributed by atoms with Gasteiger partial charge in [0.1, 0.15) is 5.82 Å². The first-order valence-corrected chi connectivity index (χ1v) is 5.34. The molecule has 0 aliphatic heterocycles. The molecule has 0 fully saturated rings. The summed E-state index contributed by atoms with van der Waals surface area (Å²) in [6, 6.07) is 4.28. The van der Waals surface area contributed by atoms with Crippen LogP contribution in [0.2, 0.25) is 0 Å². The Balaban J connectivity index is 2.64. The Morgan fingerprint density at radius 2 is 2.06 bits per heavy atom. The summed E-state index contributed by atoms with van der Waals surface area (Å²) in [6.07, 6.45) is -0.456. The van der Waals surface area contributed by atoms with Crippen LogP contribution in [-0.4, -0.2) is 28.7 Å². The third-order valence-corrected chi connectivity index (χ3v) is 2.48. The SMILES string of the molecule is Cc1cc(NCC(CC(=O)O)C(=O)O)ccc1F. The van der Waals surface area contributed by atoms with Gasteiger partial charge in [0.25, 0.3) is 0 Å². The second-order valence-electron chi connectivity index (χ2n) is 3.98. The molecular weight excluding hydrogens is 241 g/mol. The lowest BCUT2D eigenvalue weighted by atomic mass is 10.1. The zero-order valence-electron chi connectivity index (χ0n) is 9.81. The highest BCUT2D eigenvalue weighted by atomic mass is 19.1. The molecule has 0 amide bonds. The molecule has 5 nitrogen and oxygen atoms in total. The van der Waals surface area contributed by atoms with Crippen molar-refractivity contribution in [3.05, 3.63) is 29.6 Å². The molecule has 1 aromatic carbocycles. The highest BCUT2D eigenvalue weighted by molar-refractivity contribution is 5.78. The van der Waals surface area contributed by atoms with Crippen LogP contribution in [0.5, 0.6) is 0 Å². The highest BCUT2D eigenvalue weighted by Crippen LogP contribution is 2.14. The summed E-state index contributed by atoms with van der Waals surface area (Å²) in [7, 11) is 0. The summed E-state index contributed by atoms with van der Waals surface area (Å²) in [5.74, 6) is -3.71. The molecule has 0 saturated carbocycles. The average Bonchev–Trinajstić information content (AvgIpc) is 2.28. The van der Waals surface area contributed by atoms with E-state index >= 15 is 0 Å². The Bertz CT molecular complexity index is 461. The molecule has 1 unspecified atom stereocenters. The van der Waals surface area contributed by atoms with E-state index in [0.29, 0.717) is 11.3 Å². The van der Waals surface area contributed by atoms with Crippen molar-refractivity contribution in [2.75, 3.05) is 11.9 Å². The van der Waals surface area contributed by atoms with Crippen LogP contribution < -0.4 is 5.32 Å². The number of halogens is 1. The van der Waals surface area contributed by atoms with Crippen molar-refractivity contribution in [1.29, 1.82) is 0 Å². The molecule has 0 radical (unpaired) electrons. The van der Waals surface area contributed by atoms with Crippen LogP contribution in [0.4, 0.5) is 10.1 Å². The molecule has 0 bridgehead atoms. The highest BCUT2D eigenvalue weighted by Gasteiger charge is 2.20. The van der Waals surface area contributed by atoms with Gasteiger partial charge in [-0.3, -0.25) is 9.59 Å². The third-order valence-electron chi connectivity index (χ3n) is 2.48. The van der Waals surface area contributed by atoms with Crippen molar-refractivity contribution in [3.8, 4) is 0 Å². The van der Waals surface area contributed by atoms with E-state index < -0.39 is 24.3 Å². The van der Waals surface area contributed by atoms with Gasteiger partial charge < -0.3 is 15.5 Å². The number of carbonyl (C=O) groups is 2. The molecule has 0 aliphatic rings. The van der Waals surface area contributed by atoms with Gasteiger partial charge in [-0.1, -0.05) is 0 Å². The zero-order valence-corrected chi connectivity index (χ0v) is 9.81. The Morgan fingerprint density at radius 3 is 2.56 bits per heavy atom. The number of aryl methyl sites for hydroxylation is 1. The first kappa shape index (κ1) is 14.0. The van der Waals surface area contributed by atoms with Crippen molar-refractivity contribution in [1.82, 2.24) is 0 Å². The van der Waals surface area contributed by atoms with Crippen molar-refractivity contribution < 1.29 is 24.2 Å². The number of aliphatic carboxylic acids is 2. The number of hydrogen-bond acceptors (Lipinski definition) is 3. The number of anilines is 1. The van der Waals surface area contributed by atoms with Crippen LogP contribution in [-0.2, 0) is 9.59 Å². The largest absolute Gasteiger partial charge is 0.481 e. The summed E-state index contributed by atoms with van der Waals surface area (Å²) in [4.78, 5) is 21.3. The standard InChI is InChI=1S/C12H14FNO4/c1-7-4-9(2-3-10(7)13)14-6-8(12(17)18)5-11(15)16/h2-4,8,14H,5-6H2,1H3,(H,15,16)(H,17,18). The van der Waals surface area contributed by atoms with Crippen molar-refractivity contribution in [3.63, 3.8) is 0 Å². The van der Waals surface area contributed by atoms with Crippen LogP contribution in [0, 0.1) is 18.7 Å². The maximum Gasteiger partial charge on any atom is 0.308 e. The first-order valence-electron chi connectivity index (χ1n) is 5.34. The molecule has 18 heavy (non-hydrogen) atoms. The predicted molar refractivity (Wildman–Crippen MR) is 63.0 cm³/mol. The summed E-state index contributed by atoms with van der Waals surface area (Å²) < 4.78 is 13.0. The van der Waals surface area contributed by atoms with Gasteiger partial charge in [-0.05, 0) is 30.7 Å². The Labute approximate surface area is 103 Å². The number of carboxylic acids is 2. The van der Waals surface area contributed by atoms with Gasteiger partial charge >= 0.3 is 11.9 Å². The van der Waals surface area contributed by atoms with Crippen molar-refractivity contribution in [2.45, 2.75) is 13.3 Å². The van der Waals surface area contributed by atoms with Gasteiger partial charge in [0.15, 0.2) is 0 Å².